The quantitative estimate of drug-likeness (QED) is 0.784. The summed E-state index contributed by atoms with van der Waals surface area (Å²) >= 11 is 6.21. The molecule has 0 amide bonds. The van der Waals surface area contributed by atoms with E-state index in [9.17, 15) is 4.79 Å². The maximum Gasteiger partial charge on any atom is 0.310 e. The predicted molar refractivity (Wildman–Crippen MR) is 77.2 cm³/mol. The lowest BCUT2D eigenvalue weighted by Gasteiger charge is -2.10. The molecule has 0 aliphatic rings. The molecule has 19 heavy (non-hydrogen) atoms. The fraction of sp³-hybridized carbons (Fsp3) is 0.188. The molecule has 2 aromatic rings. The molecular formula is C16H15ClO2. The minimum atomic E-state index is -0.220. The van der Waals surface area contributed by atoms with Gasteiger partial charge in [-0.2, -0.15) is 0 Å². The lowest BCUT2D eigenvalue weighted by Crippen LogP contribution is -2.08. The van der Waals surface area contributed by atoms with Gasteiger partial charge in [-0.3, -0.25) is 4.79 Å². The molecule has 0 aromatic heterocycles. The van der Waals surface area contributed by atoms with E-state index in [0.29, 0.717) is 11.6 Å². The Kier molecular flexibility index (Phi) is 4.58. The number of hydrogen-bond acceptors (Lipinski definition) is 2. The highest BCUT2D eigenvalue weighted by atomic mass is 35.5. The molecule has 0 fully saturated rings. The molecule has 0 N–H and O–H groups in total. The van der Waals surface area contributed by atoms with Gasteiger partial charge in [0.2, 0.25) is 0 Å². The van der Waals surface area contributed by atoms with E-state index >= 15 is 0 Å². The van der Waals surface area contributed by atoms with Crippen molar-refractivity contribution in [2.75, 3.05) is 6.61 Å². The minimum absolute atomic E-state index is 0.220. The first-order chi connectivity index (χ1) is 9.22. The lowest BCUT2D eigenvalue weighted by molar-refractivity contribution is -0.142. The standard InChI is InChI=1S/C16H15ClO2/c1-2-19-16(18)11-12-7-3-4-8-13(12)14-9-5-6-10-15(14)17/h3-10H,2,11H2,1H3. The van der Waals surface area contributed by atoms with E-state index in [1.807, 2.05) is 48.5 Å². The number of benzene rings is 2. The summed E-state index contributed by atoms with van der Waals surface area (Å²) in [5.74, 6) is -0.220. The van der Waals surface area contributed by atoms with Gasteiger partial charge in [0.1, 0.15) is 0 Å². The molecule has 0 heterocycles. The van der Waals surface area contributed by atoms with Crippen LogP contribution in [0, 0.1) is 0 Å². The molecule has 0 aliphatic heterocycles. The zero-order valence-corrected chi connectivity index (χ0v) is 11.5. The molecule has 2 nitrogen and oxygen atoms in total. The summed E-state index contributed by atoms with van der Waals surface area (Å²) in [6.07, 6.45) is 0.259. The summed E-state index contributed by atoms with van der Waals surface area (Å²) in [6, 6.07) is 15.4. The van der Waals surface area contributed by atoms with Crippen molar-refractivity contribution in [3.05, 3.63) is 59.1 Å². The van der Waals surface area contributed by atoms with Crippen molar-refractivity contribution in [3.8, 4) is 11.1 Å². The van der Waals surface area contributed by atoms with E-state index in [2.05, 4.69) is 0 Å². The average molecular weight is 275 g/mol. The Morgan fingerprint density at radius 1 is 1.05 bits per heavy atom. The molecule has 98 valence electrons. The summed E-state index contributed by atoms with van der Waals surface area (Å²) < 4.78 is 4.99. The molecule has 0 bridgehead atoms. The highest BCUT2D eigenvalue weighted by Crippen LogP contribution is 2.30. The summed E-state index contributed by atoms with van der Waals surface area (Å²) in [4.78, 5) is 11.6. The van der Waals surface area contributed by atoms with Crippen LogP contribution in [0.5, 0.6) is 0 Å². The second-order valence-electron chi connectivity index (χ2n) is 4.12. The van der Waals surface area contributed by atoms with Gasteiger partial charge in [-0.1, -0.05) is 54.1 Å². The summed E-state index contributed by atoms with van der Waals surface area (Å²) in [7, 11) is 0. The topological polar surface area (TPSA) is 26.3 Å². The van der Waals surface area contributed by atoms with Gasteiger partial charge < -0.3 is 4.74 Å². The van der Waals surface area contributed by atoms with E-state index in [1.165, 1.54) is 0 Å². The number of carbonyl (C=O) groups is 1. The van der Waals surface area contributed by atoms with Gasteiger partial charge in [-0.05, 0) is 24.1 Å². The third-order valence-corrected chi connectivity index (χ3v) is 3.15. The number of carbonyl (C=O) groups excluding carboxylic acids is 1. The molecule has 2 rings (SSSR count). The van der Waals surface area contributed by atoms with E-state index < -0.39 is 0 Å². The van der Waals surface area contributed by atoms with Crippen molar-refractivity contribution in [3.63, 3.8) is 0 Å². The molecule has 0 atom stereocenters. The fourth-order valence-corrected chi connectivity index (χ4v) is 2.22. The third kappa shape index (κ3) is 3.36. The molecule has 2 aromatic carbocycles. The molecular weight excluding hydrogens is 260 g/mol. The first-order valence-corrected chi connectivity index (χ1v) is 6.58. The van der Waals surface area contributed by atoms with E-state index in [-0.39, 0.29) is 12.4 Å². The Bertz CT molecular complexity index is 578. The number of hydrogen-bond donors (Lipinski definition) is 0. The summed E-state index contributed by atoms with van der Waals surface area (Å²) in [6.45, 7) is 2.20. The first-order valence-electron chi connectivity index (χ1n) is 6.20. The van der Waals surface area contributed by atoms with Crippen LogP contribution in [0.15, 0.2) is 48.5 Å². The van der Waals surface area contributed by atoms with Gasteiger partial charge in [-0.15, -0.1) is 0 Å². The van der Waals surface area contributed by atoms with Gasteiger partial charge in [-0.25, -0.2) is 0 Å². The van der Waals surface area contributed by atoms with Crippen molar-refractivity contribution in [2.45, 2.75) is 13.3 Å². The predicted octanol–water partition coefficient (Wildman–Crippen LogP) is 4.11. The summed E-state index contributed by atoms with van der Waals surface area (Å²) in [5, 5.41) is 0.679. The highest BCUT2D eigenvalue weighted by molar-refractivity contribution is 6.33. The van der Waals surface area contributed by atoms with Crippen molar-refractivity contribution in [1.82, 2.24) is 0 Å². The average Bonchev–Trinajstić information content (AvgIpc) is 2.40. The molecule has 0 aliphatic carbocycles. The molecule has 0 saturated heterocycles. The van der Waals surface area contributed by atoms with Crippen molar-refractivity contribution < 1.29 is 9.53 Å². The van der Waals surface area contributed by atoms with Crippen LogP contribution in [0.1, 0.15) is 12.5 Å². The monoisotopic (exact) mass is 274 g/mol. The van der Waals surface area contributed by atoms with Gasteiger partial charge in [0.25, 0.3) is 0 Å². The number of rotatable bonds is 4. The Morgan fingerprint density at radius 2 is 1.68 bits per heavy atom. The van der Waals surface area contributed by atoms with Gasteiger partial charge in [0.05, 0.1) is 13.0 Å². The SMILES string of the molecule is CCOC(=O)Cc1ccccc1-c1ccccc1Cl. The zero-order valence-electron chi connectivity index (χ0n) is 10.7. The van der Waals surface area contributed by atoms with Crippen molar-refractivity contribution in [2.24, 2.45) is 0 Å². The van der Waals surface area contributed by atoms with Crippen LogP contribution >= 0.6 is 11.6 Å². The van der Waals surface area contributed by atoms with Crippen LogP contribution in [0.3, 0.4) is 0 Å². The van der Waals surface area contributed by atoms with Crippen LogP contribution in [0.25, 0.3) is 11.1 Å². The number of halogens is 1. The van der Waals surface area contributed by atoms with Crippen LogP contribution < -0.4 is 0 Å². The van der Waals surface area contributed by atoms with Crippen LogP contribution in [-0.2, 0) is 16.0 Å². The second kappa shape index (κ2) is 6.39. The maximum absolute atomic E-state index is 11.6. The van der Waals surface area contributed by atoms with Gasteiger partial charge in [0.15, 0.2) is 0 Å². The largest absolute Gasteiger partial charge is 0.466 e. The summed E-state index contributed by atoms with van der Waals surface area (Å²) in [5.41, 5.74) is 2.83. The molecule has 0 spiro atoms. The van der Waals surface area contributed by atoms with E-state index in [0.717, 1.165) is 16.7 Å². The third-order valence-electron chi connectivity index (χ3n) is 2.82. The van der Waals surface area contributed by atoms with Crippen LogP contribution in [0.2, 0.25) is 5.02 Å². The van der Waals surface area contributed by atoms with Crippen LogP contribution in [0.4, 0.5) is 0 Å². The smallest absolute Gasteiger partial charge is 0.310 e. The molecule has 0 unspecified atom stereocenters. The number of ether oxygens (including phenoxy) is 1. The normalized spacial score (nSPS) is 10.2. The maximum atomic E-state index is 11.6. The van der Waals surface area contributed by atoms with Crippen molar-refractivity contribution >= 4 is 17.6 Å². The number of esters is 1. The molecule has 0 radical (unpaired) electrons. The van der Waals surface area contributed by atoms with Crippen LogP contribution in [-0.4, -0.2) is 12.6 Å². The molecule has 0 saturated carbocycles. The van der Waals surface area contributed by atoms with E-state index in [4.69, 9.17) is 16.3 Å². The highest BCUT2D eigenvalue weighted by Gasteiger charge is 2.11. The minimum Gasteiger partial charge on any atom is -0.466 e. The fourth-order valence-electron chi connectivity index (χ4n) is 1.98. The lowest BCUT2D eigenvalue weighted by atomic mass is 9.98. The van der Waals surface area contributed by atoms with E-state index in [1.54, 1.807) is 6.92 Å². The molecule has 3 heteroatoms. The van der Waals surface area contributed by atoms with Gasteiger partial charge >= 0.3 is 5.97 Å². The Hall–Kier alpha value is -1.80. The van der Waals surface area contributed by atoms with Crippen molar-refractivity contribution in [1.29, 1.82) is 0 Å². The first kappa shape index (κ1) is 13.6. The zero-order chi connectivity index (χ0) is 13.7. The van der Waals surface area contributed by atoms with Gasteiger partial charge in [0, 0.05) is 10.6 Å². The Morgan fingerprint density at radius 3 is 2.37 bits per heavy atom. The second-order valence-corrected chi connectivity index (χ2v) is 4.53. The Balaban J connectivity index is 2.37. The Labute approximate surface area is 118 Å².